The molecular formula is C12H16BrI. The van der Waals surface area contributed by atoms with Crippen molar-refractivity contribution in [1.29, 1.82) is 0 Å². The largest absolute Gasteiger partial charge is 0.0860 e. The summed E-state index contributed by atoms with van der Waals surface area (Å²) in [5.41, 5.74) is 1.39. The molecule has 0 saturated carbocycles. The first kappa shape index (κ1) is 12.5. The van der Waals surface area contributed by atoms with Crippen LogP contribution in [0.1, 0.15) is 24.2 Å². The molecule has 0 aromatic heterocycles. The summed E-state index contributed by atoms with van der Waals surface area (Å²) < 4.78 is 1.19. The Bertz CT molecular complexity index is 258. The summed E-state index contributed by atoms with van der Waals surface area (Å²) in [7, 11) is 0. The molecule has 14 heavy (non-hydrogen) atoms. The summed E-state index contributed by atoms with van der Waals surface area (Å²) >= 11 is 6.29. The number of hydrogen-bond acceptors (Lipinski definition) is 0. The van der Waals surface area contributed by atoms with Crippen LogP contribution < -0.4 is 0 Å². The fourth-order valence-corrected chi connectivity index (χ4v) is 4.81. The molecule has 2 atom stereocenters. The number of halogens is 2. The van der Waals surface area contributed by atoms with Gasteiger partial charge in [0.05, 0.1) is 0 Å². The molecule has 0 aliphatic carbocycles. The third-order valence-electron chi connectivity index (χ3n) is 2.53. The summed E-state index contributed by atoms with van der Waals surface area (Å²) in [6, 6.07) is 10.7. The molecule has 0 heterocycles. The van der Waals surface area contributed by atoms with E-state index < -0.39 is 0 Å². The van der Waals surface area contributed by atoms with Gasteiger partial charge in [-0.05, 0) is 17.4 Å². The van der Waals surface area contributed by atoms with Crippen molar-refractivity contribution in [1.82, 2.24) is 0 Å². The lowest BCUT2D eigenvalue weighted by atomic mass is 9.91. The van der Waals surface area contributed by atoms with E-state index in [9.17, 15) is 0 Å². The van der Waals surface area contributed by atoms with Gasteiger partial charge in [0.15, 0.2) is 0 Å². The molecule has 0 aliphatic rings. The molecule has 0 amide bonds. The first-order valence-corrected chi connectivity index (χ1v) is 7.36. The van der Waals surface area contributed by atoms with E-state index in [2.05, 4.69) is 82.7 Å². The van der Waals surface area contributed by atoms with Crippen LogP contribution >= 0.6 is 38.5 Å². The van der Waals surface area contributed by atoms with Gasteiger partial charge in [-0.25, -0.2) is 0 Å². The van der Waals surface area contributed by atoms with Crippen molar-refractivity contribution >= 4 is 38.5 Å². The van der Waals surface area contributed by atoms with Crippen LogP contribution in [0.15, 0.2) is 30.3 Å². The van der Waals surface area contributed by atoms with E-state index in [4.69, 9.17) is 0 Å². The molecular weight excluding hydrogens is 351 g/mol. The molecule has 1 aromatic carbocycles. The van der Waals surface area contributed by atoms with Gasteiger partial charge in [0.2, 0.25) is 0 Å². The predicted molar refractivity (Wildman–Crippen MR) is 75.3 cm³/mol. The molecule has 2 unspecified atom stereocenters. The summed E-state index contributed by atoms with van der Waals surface area (Å²) in [4.78, 5) is 0.487. The van der Waals surface area contributed by atoms with Gasteiger partial charge in [0.1, 0.15) is 0 Å². The molecule has 0 spiro atoms. The third-order valence-corrected chi connectivity index (χ3v) is 4.75. The quantitative estimate of drug-likeness (QED) is 0.528. The Kier molecular flexibility index (Phi) is 5.45. The van der Waals surface area contributed by atoms with Crippen LogP contribution in [0, 0.1) is 11.8 Å². The number of hydrogen-bond donors (Lipinski definition) is 0. The molecule has 1 aromatic rings. The average molecular weight is 367 g/mol. The Hall–Kier alpha value is 0.430. The summed E-state index contributed by atoms with van der Waals surface area (Å²) in [6.07, 6.45) is 0. The maximum atomic E-state index is 3.81. The van der Waals surface area contributed by atoms with Gasteiger partial charge in [-0.15, -0.1) is 0 Å². The summed E-state index contributed by atoms with van der Waals surface area (Å²) in [5, 5.41) is 0. The highest BCUT2D eigenvalue weighted by molar-refractivity contribution is 14.1. The van der Waals surface area contributed by atoms with E-state index in [1.807, 2.05) is 0 Å². The van der Waals surface area contributed by atoms with Crippen molar-refractivity contribution in [2.45, 2.75) is 18.7 Å². The van der Waals surface area contributed by atoms with Gasteiger partial charge in [0.25, 0.3) is 0 Å². The first-order valence-electron chi connectivity index (χ1n) is 4.91. The fourth-order valence-electron chi connectivity index (χ4n) is 1.48. The zero-order chi connectivity index (χ0) is 10.6. The smallest absolute Gasteiger partial charge is 0.0433 e. The first-order chi connectivity index (χ1) is 6.66. The van der Waals surface area contributed by atoms with E-state index >= 15 is 0 Å². The highest BCUT2D eigenvalue weighted by atomic mass is 127. The van der Waals surface area contributed by atoms with Crippen LogP contribution in [-0.4, -0.2) is 4.43 Å². The highest BCUT2D eigenvalue weighted by Crippen LogP contribution is 2.36. The van der Waals surface area contributed by atoms with E-state index in [0.717, 1.165) is 5.92 Å². The summed E-state index contributed by atoms with van der Waals surface area (Å²) in [5.74, 6) is 1.43. The van der Waals surface area contributed by atoms with Crippen molar-refractivity contribution in [3.05, 3.63) is 35.9 Å². The van der Waals surface area contributed by atoms with E-state index in [1.165, 1.54) is 9.99 Å². The number of benzene rings is 1. The Balaban J connectivity index is 2.78. The molecule has 0 aliphatic heterocycles. The van der Waals surface area contributed by atoms with E-state index in [0.29, 0.717) is 10.7 Å². The maximum absolute atomic E-state index is 3.81. The zero-order valence-electron chi connectivity index (χ0n) is 8.58. The Labute approximate surface area is 109 Å². The van der Waals surface area contributed by atoms with Gasteiger partial charge in [-0.2, -0.15) is 0 Å². The Morgan fingerprint density at radius 2 is 1.79 bits per heavy atom. The van der Waals surface area contributed by atoms with Crippen LogP contribution in [0.3, 0.4) is 0 Å². The van der Waals surface area contributed by atoms with Gasteiger partial charge in [-0.1, -0.05) is 82.7 Å². The monoisotopic (exact) mass is 366 g/mol. The molecule has 1 rings (SSSR count). The van der Waals surface area contributed by atoms with Crippen molar-refractivity contribution in [2.75, 3.05) is 4.43 Å². The lowest BCUT2D eigenvalue weighted by Crippen LogP contribution is -2.15. The van der Waals surface area contributed by atoms with Gasteiger partial charge in [-0.3, -0.25) is 0 Å². The molecule has 0 saturated heterocycles. The van der Waals surface area contributed by atoms with E-state index in [1.54, 1.807) is 0 Å². The van der Waals surface area contributed by atoms with Crippen LogP contribution in [0.5, 0.6) is 0 Å². The molecule has 0 N–H and O–H groups in total. The number of alkyl halides is 2. The van der Waals surface area contributed by atoms with Gasteiger partial charge in [0, 0.05) is 9.25 Å². The van der Waals surface area contributed by atoms with Crippen molar-refractivity contribution < 1.29 is 0 Å². The molecule has 0 bridgehead atoms. The predicted octanol–water partition coefficient (Wildman–Crippen LogP) is 4.83. The normalized spacial score (nSPS) is 15.5. The SMILES string of the molecule is CC(C)C(CI)C(Br)c1ccccc1. The molecule has 2 heteroatoms. The Morgan fingerprint density at radius 1 is 1.21 bits per heavy atom. The van der Waals surface area contributed by atoms with Crippen molar-refractivity contribution in [3.63, 3.8) is 0 Å². The van der Waals surface area contributed by atoms with E-state index in [-0.39, 0.29) is 0 Å². The second kappa shape index (κ2) is 6.11. The minimum atomic E-state index is 0.487. The zero-order valence-corrected chi connectivity index (χ0v) is 12.3. The lowest BCUT2D eigenvalue weighted by molar-refractivity contribution is 0.427. The second-order valence-corrected chi connectivity index (χ2v) is 5.74. The fraction of sp³-hybridized carbons (Fsp3) is 0.500. The van der Waals surface area contributed by atoms with Gasteiger partial charge >= 0.3 is 0 Å². The lowest BCUT2D eigenvalue weighted by Gasteiger charge is -2.24. The minimum absolute atomic E-state index is 0.487. The second-order valence-electron chi connectivity index (χ2n) is 3.87. The minimum Gasteiger partial charge on any atom is -0.0860 e. The van der Waals surface area contributed by atoms with Crippen LogP contribution in [0.4, 0.5) is 0 Å². The molecule has 0 nitrogen and oxygen atoms in total. The Morgan fingerprint density at radius 3 is 2.21 bits per heavy atom. The summed E-state index contributed by atoms with van der Waals surface area (Å²) in [6.45, 7) is 4.58. The topological polar surface area (TPSA) is 0 Å². The molecule has 0 fully saturated rings. The third kappa shape index (κ3) is 3.23. The average Bonchev–Trinajstić information content (AvgIpc) is 2.19. The van der Waals surface area contributed by atoms with Gasteiger partial charge < -0.3 is 0 Å². The maximum Gasteiger partial charge on any atom is 0.0433 e. The van der Waals surface area contributed by atoms with Crippen molar-refractivity contribution in [2.24, 2.45) is 11.8 Å². The highest BCUT2D eigenvalue weighted by Gasteiger charge is 2.22. The molecule has 0 radical (unpaired) electrons. The molecule has 78 valence electrons. The van der Waals surface area contributed by atoms with Crippen molar-refractivity contribution in [3.8, 4) is 0 Å². The van der Waals surface area contributed by atoms with Crippen LogP contribution in [0.25, 0.3) is 0 Å². The van der Waals surface area contributed by atoms with Crippen LogP contribution in [-0.2, 0) is 0 Å². The standard InChI is InChI=1S/C12H16BrI/c1-9(2)11(8-14)12(13)10-6-4-3-5-7-10/h3-7,9,11-12H,8H2,1-2H3. The number of rotatable bonds is 4. The van der Waals surface area contributed by atoms with Crippen LogP contribution in [0.2, 0.25) is 0 Å².